The molecule has 20 heavy (non-hydrogen) atoms. The van der Waals surface area contributed by atoms with Crippen molar-refractivity contribution in [3.63, 3.8) is 0 Å². The quantitative estimate of drug-likeness (QED) is 0.580. The van der Waals surface area contributed by atoms with Gasteiger partial charge in [-0.1, -0.05) is 25.6 Å². The van der Waals surface area contributed by atoms with Crippen LogP contribution in [0.2, 0.25) is 0 Å². The van der Waals surface area contributed by atoms with Gasteiger partial charge in [0.05, 0.1) is 11.3 Å². The van der Waals surface area contributed by atoms with Gasteiger partial charge in [-0.15, -0.1) is 0 Å². The Morgan fingerprint density at radius 2 is 2.05 bits per heavy atom. The predicted octanol–water partition coefficient (Wildman–Crippen LogP) is 1.61. The number of carbonyl (C=O) groups is 1. The van der Waals surface area contributed by atoms with E-state index >= 15 is 0 Å². The molecule has 112 valence electrons. The lowest BCUT2D eigenvalue weighted by molar-refractivity contribution is -0.119. The van der Waals surface area contributed by atoms with E-state index in [4.69, 9.17) is 0 Å². The maximum absolute atomic E-state index is 11.8. The van der Waals surface area contributed by atoms with Gasteiger partial charge >= 0.3 is 0 Å². The van der Waals surface area contributed by atoms with E-state index in [2.05, 4.69) is 15.3 Å². The molecule has 1 rings (SSSR count). The zero-order valence-corrected chi connectivity index (χ0v) is 13.2. The molecule has 1 aromatic rings. The second-order valence-electron chi connectivity index (χ2n) is 5.85. The van der Waals surface area contributed by atoms with Gasteiger partial charge in [-0.05, 0) is 26.7 Å². The fourth-order valence-corrected chi connectivity index (χ4v) is 2.28. The lowest BCUT2D eigenvalue weighted by Gasteiger charge is -2.20. The average Bonchev–Trinajstić information content (AvgIpc) is 2.22. The number of aromatic amines is 1. The number of carbonyl (C=O) groups excluding carboxylic acids is 1. The summed E-state index contributed by atoms with van der Waals surface area (Å²) in [6, 6.07) is 0. The highest BCUT2D eigenvalue weighted by Crippen LogP contribution is 2.21. The molecule has 1 aromatic heterocycles. The first-order chi connectivity index (χ1) is 9.10. The van der Waals surface area contributed by atoms with Crippen LogP contribution < -0.4 is 10.9 Å². The van der Waals surface area contributed by atoms with E-state index < -0.39 is 0 Å². The molecule has 1 heterocycles. The molecule has 0 aliphatic rings. The van der Waals surface area contributed by atoms with Gasteiger partial charge in [0.25, 0.3) is 5.56 Å². The first kappa shape index (κ1) is 16.6. The second kappa shape index (κ2) is 6.30. The zero-order chi connectivity index (χ0) is 15.5. The number of amides is 1. The predicted molar refractivity (Wildman–Crippen MR) is 79.2 cm³/mol. The number of hydrogen-bond acceptors (Lipinski definition) is 5. The number of nitrogens with zero attached hydrogens (tertiary/aromatic N) is 1. The third kappa shape index (κ3) is 4.88. The van der Waals surface area contributed by atoms with E-state index in [0.717, 1.165) is 11.8 Å². The summed E-state index contributed by atoms with van der Waals surface area (Å²) in [5, 5.41) is 12.8. The SMILES string of the molecule is CC(C)c1c(O)nc(SCC(=O)NC(C)(C)C)[nH]c1=O. The third-order valence-electron chi connectivity index (χ3n) is 2.35. The average molecular weight is 299 g/mol. The Hall–Kier alpha value is -1.50. The highest BCUT2D eigenvalue weighted by atomic mass is 32.2. The number of aromatic nitrogens is 2. The van der Waals surface area contributed by atoms with Crippen molar-refractivity contribution in [2.75, 3.05) is 5.75 Å². The molecule has 0 fully saturated rings. The standard InChI is InChI=1S/C13H21N3O3S/c1-7(2)9-10(18)14-12(15-11(9)19)20-6-8(17)16-13(3,4)5/h7H,6H2,1-5H3,(H,16,17)(H2,14,15,18,19). The van der Waals surface area contributed by atoms with Crippen molar-refractivity contribution in [1.29, 1.82) is 0 Å². The third-order valence-corrected chi connectivity index (χ3v) is 3.22. The highest BCUT2D eigenvalue weighted by Gasteiger charge is 2.17. The van der Waals surface area contributed by atoms with Crippen LogP contribution in [-0.4, -0.2) is 32.3 Å². The first-order valence-electron chi connectivity index (χ1n) is 6.37. The molecule has 0 unspecified atom stereocenters. The Morgan fingerprint density at radius 3 is 2.50 bits per heavy atom. The van der Waals surface area contributed by atoms with Crippen LogP contribution in [0.1, 0.15) is 46.1 Å². The van der Waals surface area contributed by atoms with Gasteiger partial charge in [0.1, 0.15) is 0 Å². The number of aromatic hydroxyl groups is 1. The molecule has 7 heteroatoms. The summed E-state index contributed by atoms with van der Waals surface area (Å²) in [5.41, 5.74) is -0.415. The van der Waals surface area contributed by atoms with Crippen LogP contribution >= 0.6 is 11.8 Å². The lowest BCUT2D eigenvalue weighted by Crippen LogP contribution is -2.41. The Morgan fingerprint density at radius 1 is 1.45 bits per heavy atom. The van der Waals surface area contributed by atoms with Crippen LogP contribution in [0.15, 0.2) is 9.95 Å². The van der Waals surface area contributed by atoms with Crippen LogP contribution in [0.3, 0.4) is 0 Å². The molecule has 0 aliphatic heterocycles. The summed E-state index contributed by atoms with van der Waals surface area (Å²) in [6.45, 7) is 9.27. The number of hydrogen-bond donors (Lipinski definition) is 3. The minimum absolute atomic E-state index is 0.116. The smallest absolute Gasteiger partial charge is 0.258 e. The molecular weight excluding hydrogens is 278 g/mol. The Labute approximate surface area is 122 Å². The summed E-state index contributed by atoms with van der Waals surface area (Å²) in [6.07, 6.45) is 0. The lowest BCUT2D eigenvalue weighted by atomic mass is 10.1. The van der Waals surface area contributed by atoms with Crippen molar-refractivity contribution in [2.24, 2.45) is 0 Å². The van der Waals surface area contributed by atoms with Gasteiger partial charge in [-0.2, -0.15) is 4.98 Å². The van der Waals surface area contributed by atoms with E-state index in [1.165, 1.54) is 0 Å². The van der Waals surface area contributed by atoms with E-state index in [-0.39, 0.29) is 45.3 Å². The van der Waals surface area contributed by atoms with Crippen LogP contribution in [0, 0.1) is 0 Å². The van der Waals surface area contributed by atoms with E-state index in [9.17, 15) is 14.7 Å². The van der Waals surface area contributed by atoms with Gasteiger partial charge in [-0.25, -0.2) is 0 Å². The van der Waals surface area contributed by atoms with Gasteiger partial charge in [-0.3, -0.25) is 9.59 Å². The van der Waals surface area contributed by atoms with Crippen LogP contribution in [0.5, 0.6) is 5.88 Å². The van der Waals surface area contributed by atoms with Crippen molar-refractivity contribution in [3.8, 4) is 5.88 Å². The van der Waals surface area contributed by atoms with E-state index in [0.29, 0.717) is 0 Å². The van der Waals surface area contributed by atoms with E-state index in [1.807, 2.05) is 20.8 Å². The monoisotopic (exact) mass is 299 g/mol. The van der Waals surface area contributed by atoms with Crippen molar-refractivity contribution < 1.29 is 9.90 Å². The molecule has 0 aromatic carbocycles. The maximum atomic E-state index is 11.8. The minimum Gasteiger partial charge on any atom is -0.493 e. The van der Waals surface area contributed by atoms with Gasteiger partial charge in [0.15, 0.2) is 5.16 Å². The molecule has 0 spiro atoms. The van der Waals surface area contributed by atoms with Crippen molar-refractivity contribution >= 4 is 17.7 Å². The normalized spacial score (nSPS) is 11.7. The minimum atomic E-state index is -0.369. The largest absolute Gasteiger partial charge is 0.493 e. The molecule has 0 aliphatic carbocycles. The molecule has 0 radical (unpaired) electrons. The molecule has 0 saturated heterocycles. The highest BCUT2D eigenvalue weighted by molar-refractivity contribution is 7.99. The van der Waals surface area contributed by atoms with Gasteiger partial charge in [0.2, 0.25) is 11.8 Å². The number of rotatable bonds is 4. The van der Waals surface area contributed by atoms with Crippen molar-refractivity contribution in [1.82, 2.24) is 15.3 Å². The first-order valence-corrected chi connectivity index (χ1v) is 7.35. The molecule has 6 nitrogen and oxygen atoms in total. The van der Waals surface area contributed by atoms with Gasteiger partial charge in [0, 0.05) is 5.54 Å². The fourth-order valence-electron chi connectivity index (χ4n) is 1.63. The molecule has 3 N–H and O–H groups in total. The van der Waals surface area contributed by atoms with Crippen molar-refractivity contribution in [2.45, 2.75) is 51.2 Å². The Kier molecular flexibility index (Phi) is 5.21. The fraction of sp³-hybridized carbons (Fsp3) is 0.615. The van der Waals surface area contributed by atoms with Crippen LogP contribution in [-0.2, 0) is 4.79 Å². The molecule has 0 saturated carbocycles. The Balaban J connectivity index is 2.76. The Bertz CT molecular complexity index is 547. The van der Waals surface area contributed by atoms with Crippen LogP contribution in [0.4, 0.5) is 0 Å². The molecular formula is C13H21N3O3S. The summed E-state index contributed by atoms with van der Waals surface area (Å²) in [7, 11) is 0. The van der Waals surface area contributed by atoms with E-state index in [1.54, 1.807) is 13.8 Å². The number of H-pyrrole nitrogens is 1. The summed E-state index contributed by atoms with van der Waals surface area (Å²) >= 11 is 1.08. The summed E-state index contributed by atoms with van der Waals surface area (Å²) in [4.78, 5) is 29.9. The second-order valence-corrected chi connectivity index (χ2v) is 6.81. The zero-order valence-electron chi connectivity index (χ0n) is 12.4. The molecule has 0 bridgehead atoms. The summed E-state index contributed by atoms with van der Waals surface area (Å²) in [5.74, 6) is -0.421. The number of thioether (sulfide) groups is 1. The van der Waals surface area contributed by atoms with Gasteiger partial charge < -0.3 is 15.4 Å². The summed E-state index contributed by atoms with van der Waals surface area (Å²) < 4.78 is 0. The van der Waals surface area contributed by atoms with Crippen molar-refractivity contribution in [3.05, 3.63) is 15.9 Å². The molecule has 0 atom stereocenters. The number of nitrogens with one attached hydrogen (secondary N) is 2. The molecule has 1 amide bonds. The topological polar surface area (TPSA) is 95.1 Å². The maximum Gasteiger partial charge on any atom is 0.258 e. The van der Waals surface area contributed by atoms with Crippen LogP contribution in [0.25, 0.3) is 0 Å².